The van der Waals surface area contributed by atoms with Crippen molar-refractivity contribution in [1.82, 2.24) is 24.1 Å². The van der Waals surface area contributed by atoms with Gasteiger partial charge in [0.1, 0.15) is 0 Å². The van der Waals surface area contributed by atoms with E-state index in [-0.39, 0.29) is 11.7 Å². The smallest absolute Gasteiger partial charge is 0.326 e. The van der Waals surface area contributed by atoms with Crippen molar-refractivity contribution >= 4 is 32.5 Å². The predicted octanol–water partition coefficient (Wildman–Crippen LogP) is 2.58. The lowest BCUT2D eigenvalue weighted by atomic mass is 10.1. The zero-order valence-corrected chi connectivity index (χ0v) is 14.7. The molecule has 1 aliphatic heterocycles. The Morgan fingerprint density at radius 1 is 1.24 bits per heavy atom. The summed E-state index contributed by atoms with van der Waals surface area (Å²) in [6.45, 7) is 3.77. The number of nitrogens with one attached hydrogen (secondary N) is 1. The molecule has 0 spiro atoms. The number of imidazole rings is 2. The summed E-state index contributed by atoms with van der Waals surface area (Å²) in [4.78, 5) is 23.0. The first-order valence-corrected chi connectivity index (χ1v) is 9.28. The highest BCUT2D eigenvalue weighted by atomic mass is 32.1. The Labute approximate surface area is 147 Å². The highest BCUT2D eigenvalue weighted by molar-refractivity contribution is 7.20. The van der Waals surface area contributed by atoms with Crippen molar-refractivity contribution in [2.75, 3.05) is 18.0 Å². The molecule has 4 heterocycles. The zero-order chi connectivity index (χ0) is 17.0. The molecule has 0 amide bonds. The van der Waals surface area contributed by atoms with Gasteiger partial charge in [-0.1, -0.05) is 23.5 Å². The number of aryl methyl sites for hydroxylation is 1. The number of nitrogens with zero attached hydrogens (tertiary/aromatic N) is 5. The molecular weight excluding hydrogens is 336 g/mol. The van der Waals surface area contributed by atoms with Gasteiger partial charge in [0.25, 0.3) is 0 Å². The normalized spacial score (nSPS) is 16.3. The van der Waals surface area contributed by atoms with E-state index in [0.29, 0.717) is 0 Å². The molecule has 1 N–H and O–H groups in total. The number of hydrogen-bond acceptors (Lipinski definition) is 5. The number of fused-ring (bicyclic) bond motifs is 2. The maximum absolute atomic E-state index is 12.4. The van der Waals surface area contributed by atoms with Crippen LogP contribution in [0.5, 0.6) is 0 Å². The quantitative estimate of drug-likeness (QED) is 0.601. The summed E-state index contributed by atoms with van der Waals surface area (Å²) in [6.07, 6.45) is 3.82. The monoisotopic (exact) mass is 354 g/mol. The lowest BCUT2D eigenvalue weighted by Gasteiger charge is -2.32. The Morgan fingerprint density at radius 2 is 2.04 bits per heavy atom. The number of aromatic nitrogens is 5. The van der Waals surface area contributed by atoms with E-state index < -0.39 is 0 Å². The van der Waals surface area contributed by atoms with E-state index in [1.54, 1.807) is 11.3 Å². The molecule has 5 rings (SSSR count). The molecular formula is C17H18N6OS. The van der Waals surface area contributed by atoms with Gasteiger partial charge < -0.3 is 9.88 Å². The van der Waals surface area contributed by atoms with Gasteiger partial charge in [-0.25, -0.2) is 14.3 Å². The van der Waals surface area contributed by atoms with Gasteiger partial charge in [-0.05, 0) is 31.9 Å². The molecule has 0 radical (unpaired) electrons. The highest BCUT2D eigenvalue weighted by Crippen LogP contribution is 2.30. The summed E-state index contributed by atoms with van der Waals surface area (Å²) in [6, 6.07) is 8.12. The predicted molar refractivity (Wildman–Crippen MR) is 98.6 cm³/mol. The molecule has 0 aliphatic carbocycles. The lowest BCUT2D eigenvalue weighted by Crippen LogP contribution is -2.37. The summed E-state index contributed by atoms with van der Waals surface area (Å²) in [5.74, 6) is 0. The summed E-state index contributed by atoms with van der Waals surface area (Å²) >= 11 is 1.62. The van der Waals surface area contributed by atoms with Crippen molar-refractivity contribution in [3.8, 4) is 0 Å². The van der Waals surface area contributed by atoms with E-state index in [0.717, 1.165) is 52.8 Å². The van der Waals surface area contributed by atoms with Crippen molar-refractivity contribution < 1.29 is 0 Å². The van der Waals surface area contributed by atoms with Crippen molar-refractivity contribution in [3.05, 3.63) is 46.6 Å². The number of rotatable bonds is 2. The molecule has 7 nitrogen and oxygen atoms in total. The fourth-order valence-corrected chi connectivity index (χ4v) is 4.66. The van der Waals surface area contributed by atoms with Crippen LogP contribution in [0.3, 0.4) is 0 Å². The van der Waals surface area contributed by atoms with Crippen molar-refractivity contribution in [3.63, 3.8) is 0 Å². The number of benzene rings is 1. The molecule has 3 aromatic heterocycles. The van der Waals surface area contributed by atoms with Crippen LogP contribution in [-0.4, -0.2) is 37.2 Å². The number of anilines is 1. The fraction of sp³-hybridized carbons (Fsp3) is 0.353. The summed E-state index contributed by atoms with van der Waals surface area (Å²) in [5.41, 5.74) is 2.88. The standard InChI is InChI=1S/C17H18N6OS/c1-11-10-22-16(18-11)25-17(20-22)21-8-6-12(7-9-21)23-14-5-3-2-4-13(14)19-15(23)24/h2-5,10,12H,6-9H2,1H3,(H,19,24). The van der Waals surface area contributed by atoms with Gasteiger partial charge >= 0.3 is 5.69 Å². The van der Waals surface area contributed by atoms with Gasteiger partial charge in [0.15, 0.2) is 0 Å². The number of aromatic amines is 1. The molecule has 1 saturated heterocycles. The third-order valence-electron chi connectivity index (χ3n) is 4.88. The zero-order valence-electron chi connectivity index (χ0n) is 13.8. The Kier molecular flexibility index (Phi) is 3.21. The summed E-state index contributed by atoms with van der Waals surface area (Å²) < 4.78 is 3.77. The van der Waals surface area contributed by atoms with Crippen LogP contribution in [0, 0.1) is 6.92 Å². The molecule has 1 fully saturated rings. The van der Waals surface area contributed by atoms with Crippen LogP contribution >= 0.6 is 11.3 Å². The van der Waals surface area contributed by atoms with Crippen LogP contribution in [0.25, 0.3) is 16.0 Å². The molecule has 25 heavy (non-hydrogen) atoms. The van der Waals surface area contributed by atoms with Crippen LogP contribution in [-0.2, 0) is 0 Å². The van der Waals surface area contributed by atoms with Gasteiger partial charge in [0.05, 0.1) is 22.9 Å². The molecule has 0 bridgehead atoms. The van der Waals surface area contributed by atoms with Crippen molar-refractivity contribution in [2.24, 2.45) is 0 Å². The Balaban J connectivity index is 1.39. The second-order valence-corrected chi connectivity index (χ2v) is 7.46. The van der Waals surface area contributed by atoms with E-state index in [1.165, 1.54) is 0 Å². The van der Waals surface area contributed by atoms with Crippen LogP contribution in [0.15, 0.2) is 35.3 Å². The van der Waals surface area contributed by atoms with Gasteiger partial charge in [-0.3, -0.25) is 4.57 Å². The summed E-state index contributed by atoms with van der Waals surface area (Å²) in [5, 5.41) is 5.64. The van der Waals surface area contributed by atoms with Gasteiger partial charge in [0.2, 0.25) is 10.1 Å². The van der Waals surface area contributed by atoms with Crippen molar-refractivity contribution in [2.45, 2.75) is 25.8 Å². The van der Waals surface area contributed by atoms with Gasteiger partial charge in [-0.2, -0.15) is 0 Å². The van der Waals surface area contributed by atoms with Crippen LogP contribution in [0.4, 0.5) is 5.13 Å². The average Bonchev–Trinajstić information content (AvgIpc) is 3.24. The Bertz CT molecular complexity index is 1080. The second-order valence-electron chi connectivity index (χ2n) is 6.53. The van der Waals surface area contributed by atoms with E-state index >= 15 is 0 Å². The molecule has 0 unspecified atom stereocenters. The molecule has 0 saturated carbocycles. The minimum absolute atomic E-state index is 0.0113. The molecule has 1 aromatic carbocycles. The average molecular weight is 354 g/mol. The fourth-order valence-electron chi connectivity index (χ4n) is 3.68. The minimum atomic E-state index is -0.0113. The lowest BCUT2D eigenvalue weighted by molar-refractivity contribution is 0.396. The van der Waals surface area contributed by atoms with E-state index in [4.69, 9.17) is 0 Å². The first-order chi connectivity index (χ1) is 12.2. The highest BCUT2D eigenvalue weighted by Gasteiger charge is 2.25. The largest absolute Gasteiger partial charge is 0.347 e. The minimum Gasteiger partial charge on any atom is -0.347 e. The topological polar surface area (TPSA) is 71.2 Å². The van der Waals surface area contributed by atoms with Gasteiger partial charge in [0, 0.05) is 19.1 Å². The summed E-state index contributed by atoms with van der Waals surface area (Å²) in [7, 11) is 0. The number of H-pyrrole nitrogens is 1. The van der Waals surface area contributed by atoms with E-state index in [1.807, 2.05) is 46.5 Å². The molecule has 8 heteroatoms. The SMILES string of the molecule is Cc1cn2nc(N3CCC(n4c(=O)[nH]c5ccccc54)CC3)sc2n1. The van der Waals surface area contributed by atoms with Crippen molar-refractivity contribution in [1.29, 1.82) is 0 Å². The maximum Gasteiger partial charge on any atom is 0.326 e. The van der Waals surface area contributed by atoms with Crippen LogP contribution in [0.1, 0.15) is 24.6 Å². The number of piperidine rings is 1. The van der Waals surface area contributed by atoms with Gasteiger partial charge in [-0.15, -0.1) is 5.10 Å². The molecule has 1 aliphatic rings. The Morgan fingerprint density at radius 3 is 2.84 bits per heavy atom. The number of para-hydroxylation sites is 2. The first-order valence-electron chi connectivity index (χ1n) is 8.46. The third-order valence-corrected chi connectivity index (χ3v) is 5.86. The first kappa shape index (κ1) is 14.7. The maximum atomic E-state index is 12.4. The van der Waals surface area contributed by atoms with Crippen LogP contribution in [0.2, 0.25) is 0 Å². The van der Waals surface area contributed by atoms with E-state index in [9.17, 15) is 4.79 Å². The third kappa shape index (κ3) is 2.36. The molecule has 0 atom stereocenters. The van der Waals surface area contributed by atoms with E-state index in [2.05, 4.69) is 20.0 Å². The molecule has 4 aromatic rings. The molecule has 128 valence electrons. The van der Waals surface area contributed by atoms with Crippen LogP contribution < -0.4 is 10.6 Å². The Hall–Kier alpha value is -2.61. The second kappa shape index (κ2) is 5.45. The number of hydrogen-bond donors (Lipinski definition) is 1.